The summed E-state index contributed by atoms with van der Waals surface area (Å²) in [5.41, 5.74) is 2.66. The number of benzene rings is 3. The van der Waals surface area contributed by atoms with Crippen molar-refractivity contribution in [2.24, 2.45) is 0 Å². The smallest absolute Gasteiger partial charge is 0.245 e. The number of para-hydroxylation sites is 1. The fraction of sp³-hybridized carbons (Fsp3) is 0.240. The molecule has 7 heteroatoms. The second-order valence-electron chi connectivity index (χ2n) is 7.63. The summed E-state index contributed by atoms with van der Waals surface area (Å²) in [5.74, 6) is 0.340. The van der Waals surface area contributed by atoms with E-state index in [9.17, 15) is 13.2 Å². The van der Waals surface area contributed by atoms with Crippen LogP contribution < -0.4 is 9.64 Å². The number of rotatable bonds is 6. The van der Waals surface area contributed by atoms with E-state index in [1.165, 1.54) is 23.5 Å². The predicted molar refractivity (Wildman–Crippen MR) is 124 cm³/mol. The molecule has 0 saturated carbocycles. The lowest BCUT2D eigenvalue weighted by Gasteiger charge is -2.37. The third-order valence-electron chi connectivity index (χ3n) is 5.81. The molecule has 1 heterocycles. The number of anilines is 1. The van der Waals surface area contributed by atoms with Crippen LogP contribution in [-0.2, 0) is 27.8 Å². The van der Waals surface area contributed by atoms with Crippen LogP contribution in [0.4, 0.5) is 5.69 Å². The summed E-state index contributed by atoms with van der Waals surface area (Å²) in [6.07, 6.45) is 0.327. The van der Waals surface area contributed by atoms with Crippen LogP contribution >= 0.6 is 0 Å². The Kier molecular flexibility index (Phi) is 6.30. The van der Waals surface area contributed by atoms with Gasteiger partial charge < -0.3 is 9.64 Å². The summed E-state index contributed by atoms with van der Waals surface area (Å²) >= 11 is 0. The number of amides is 1. The van der Waals surface area contributed by atoms with Crippen molar-refractivity contribution in [3.8, 4) is 5.75 Å². The molecular formula is C25H26N2O4S. The molecule has 3 aromatic carbocycles. The Morgan fingerprint density at radius 3 is 2.22 bits per heavy atom. The van der Waals surface area contributed by atoms with Gasteiger partial charge >= 0.3 is 0 Å². The van der Waals surface area contributed by atoms with E-state index in [-0.39, 0.29) is 17.3 Å². The lowest BCUT2D eigenvalue weighted by Crippen LogP contribution is -2.53. The van der Waals surface area contributed by atoms with Gasteiger partial charge in [0.05, 0.1) is 12.0 Å². The maximum absolute atomic E-state index is 13.7. The summed E-state index contributed by atoms with van der Waals surface area (Å²) in [5, 5.41) is 0. The van der Waals surface area contributed by atoms with Gasteiger partial charge in [-0.25, -0.2) is 8.42 Å². The van der Waals surface area contributed by atoms with Crippen LogP contribution in [0, 0.1) is 0 Å². The standard InChI is InChI=1S/C25H26N2O4S/c1-3-26(21-11-5-4-6-12-21)25(28)24-17-19-9-7-8-10-20(19)18-27(24)32(29,30)23-15-13-22(31-2)14-16-23/h4-16,24H,3,17-18H2,1-2H3/t24-/m0/s1. The van der Waals surface area contributed by atoms with Gasteiger partial charge in [-0.2, -0.15) is 4.31 Å². The Hall–Kier alpha value is -3.16. The van der Waals surface area contributed by atoms with Crippen LogP contribution in [0.25, 0.3) is 0 Å². The van der Waals surface area contributed by atoms with Crippen molar-refractivity contribution in [3.05, 3.63) is 90.0 Å². The highest BCUT2D eigenvalue weighted by Crippen LogP contribution is 2.31. The number of carbonyl (C=O) groups excluding carboxylic acids is 1. The van der Waals surface area contributed by atoms with Crippen LogP contribution in [0.3, 0.4) is 0 Å². The van der Waals surface area contributed by atoms with Crippen LogP contribution in [0.15, 0.2) is 83.8 Å². The molecule has 32 heavy (non-hydrogen) atoms. The van der Waals surface area contributed by atoms with Gasteiger partial charge in [0.1, 0.15) is 11.8 Å². The van der Waals surface area contributed by atoms with Crippen LogP contribution in [0.5, 0.6) is 5.75 Å². The normalized spacial score (nSPS) is 16.2. The summed E-state index contributed by atoms with van der Waals surface area (Å²) in [6.45, 7) is 2.48. The molecule has 1 atom stereocenters. The zero-order chi connectivity index (χ0) is 22.7. The molecule has 0 radical (unpaired) electrons. The van der Waals surface area contributed by atoms with E-state index in [2.05, 4.69) is 0 Å². The zero-order valence-corrected chi connectivity index (χ0v) is 19.0. The van der Waals surface area contributed by atoms with Gasteiger partial charge in [-0.05, 0) is 60.9 Å². The quantitative estimate of drug-likeness (QED) is 0.572. The van der Waals surface area contributed by atoms with E-state index in [1.807, 2.05) is 61.5 Å². The van der Waals surface area contributed by atoms with E-state index in [0.717, 1.165) is 16.8 Å². The van der Waals surface area contributed by atoms with E-state index in [4.69, 9.17) is 4.74 Å². The Bertz CT molecular complexity index is 1190. The van der Waals surface area contributed by atoms with Crippen molar-refractivity contribution in [3.63, 3.8) is 0 Å². The molecule has 0 aliphatic carbocycles. The Balaban J connectivity index is 1.76. The highest BCUT2D eigenvalue weighted by molar-refractivity contribution is 7.89. The SMILES string of the molecule is CCN(C(=O)[C@@H]1Cc2ccccc2CN1S(=O)(=O)c1ccc(OC)cc1)c1ccccc1. The maximum atomic E-state index is 13.7. The lowest BCUT2D eigenvalue weighted by molar-refractivity contribution is -0.122. The van der Waals surface area contributed by atoms with Crippen LogP contribution in [0.2, 0.25) is 0 Å². The number of ether oxygens (including phenoxy) is 1. The minimum atomic E-state index is -3.92. The molecule has 6 nitrogen and oxygen atoms in total. The topological polar surface area (TPSA) is 66.9 Å². The first-order valence-corrected chi connectivity index (χ1v) is 12.0. The zero-order valence-electron chi connectivity index (χ0n) is 18.1. The first-order valence-electron chi connectivity index (χ1n) is 10.5. The molecule has 1 aliphatic heterocycles. The molecule has 0 bridgehead atoms. The molecule has 0 saturated heterocycles. The van der Waals surface area contributed by atoms with E-state index in [0.29, 0.717) is 18.7 Å². The first kappa shape index (κ1) is 22.0. The number of sulfonamides is 1. The molecule has 1 amide bonds. The molecule has 0 aromatic heterocycles. The first-order chi connectivity index (χ1) is 15.5. The monoisotopic (exact) mass is 450 g/mol. The van der Waals surface area contributed by atoms with Crippen molar-refractivity contribution in [1.82, 2.24) is 4.31 Å². The second kappa shape index (κ2) is 9.14. The van der Waals surface area contributed by atoms with Crippen molar-refractivity contribution < 1.29 is 17.9 Å². The maximum Gasteiger partial charge on any atom is 0.245 e. The number of methoxy groups -OCH3 is 1. The molecule has 0 spiro atoms. The minimum Gasteiger partial charge on any atom is -0.497 e. The molecule has 0 unspecified atom stereocenters. The van der Waals surface area contributed by atoms with Crippen LogP contribution in [-0.4, -0.2) is 38.3 Å². The fourth-order valence-electron chi connectivity index (χ4n) is 4.10. The van der Waals surface area contributed by atoms with E-state index in [1.54, 1.807) is 17.0 Å². The lowest BCUT2D eigenvalue weighted by atomic mass is 9.95. The highest BCUT2D eigenvalue weighted by atomic mass is 32.2. The number of hydrogen-bond acceptors (Lipinski definition) is 4. The average molecular weight is 451 g/mol. The van der Waals surface area contributed by atoms with Crippen LogP contribution in [0.1, 0.15) is 18.1 Å². The van der Waals surface area contributed by atoms with E-state index >= 15 is 0 Å². The van der Waals surface area contributed by atoms with Crippen molar-refractivity contribution >= 4 is 21.6 Å². The number of nitrogens with zero attached hydrogens (tertiary/aromatic N) is 2. The van der Waals surface area contributed by atoms with Gasteiger partial charge in [0, 0.05) is 18.8 Å². The molecule has 1 aliphatic rings. The molecule has 166 valence electrons. The van der Waals surface area contributed by atoms with Gasteiger partial charge in [0.25, 0.3) is 0 Å². The molecular weight excluding hydrogens is 424 g/mol. The Morgan fingerprint density at radius 1 is 0.969 bits per heavy atom. The van der Waals surface area contributed by atoms with Gasteiger partial charge in [-0.3, -0.25) is 4.79 Å². The number of likely N-dealkylation sites (N-methyl/N-ethyl adjacent to an activating group) is 1. The second-order valence-corrected chi connectivity index (χ2v) is 9.52. The fourth-order valence-corrected chi connectivity index (χ4v) is 5.66. The number of carbonyl (C=O) groups is 1. The van der Waals surface area contributed by atoms with Crippen molar-refractivity contribution in [2.45, 2.75) is 30.8 Å². The number of hydrogen-bond donors (Lipinski definition) is 0. The molecule has 3 aromatic rings. The minimum absolute atomic E-state index is 0.137. The summed E-state index contributed by atoms with van der Waals surface area (Å²) < 4.78 is 33.8. The Morgan fingerprint density at radius 2 is 1.59 bits per heavy atom. The van der Waals surface area contributed by atoms with Gasteiger partial charge in [0.2, 0.25) is 15.9 Å². The number of fused-ring (bicyclic) bond motifs is 1. The largest absolute Gasteiger partial charge is 0.497 e. The van der Waals surface area contributed by atoms with Gasteiger partial charge in [-0.1, -0.05) is 42.5 Å². The summed E-state index contributed by atoms with van der Waals surface area (Å²) in [7, 11) is -2.39. The van der Waals surface area contributed by atoms with Gasteiger partial charge in [0.15, 0.2) is 0 Å². The summed E-state index contributed by atoms with van der Waals surface area (Å²) in [4.78, 5) is 15.5. The summed E-state index contributed by atoms with van der Waals surface area (Å²) in [6, 6.07) is 22.5. The third-order valence-corrected chi connectivity index (χ3v) is 7.68. The molecule has 0 N–H and O–H groups in total. The molecule has 0 fully saturated rings. The van der Waals surface area contributed by atoms with E-state index < -0.39 is 16.1 Å². The predicted octanol–water partition coefficient (Wildman–Crippen LogP) is 3.86. The van der Waals surface area contributed by atoms with Crippen molar-refractivity contribution in [2.75, 3.05) is 18.6 Å². The van der Waals surface area contributed by atoms with Crippen molar-refractivity contribution in [1.29, 1.82) is 0 Å². The Labute approximate surface area is 189 Å². The molecule has 4 rings (SSSR count). The van der Waals surface area contributed by atoms with Gasteiger partial charge in [-0.15, -0.1) is 0 Å². The average Bonchev–Trinajstić information content (AvgIpc) is 2.84. The highest BCUT2D eigenvalue weighted by Gasteiger charge is 2.41. The third kappa shape index (κ3) is 4.13.